The first-order chi connectivity index (χ1) is 7.04. The largest absolute Gasteiger partial charge is 0.394 e. The quantitative estimate of drug-likeness (QED) is 0.828. The molecule has 5 heteroatoms. The van der Waals surface area contributed by atoms with Crippen LogP contribution in [0.15, 0.2) is 18.2 Å². The third-order valence-electron chi connectivity index (χ3n) is 1.83. The van der Waals surface area contributed by atoms with E-state index in [-0.39, 0.29) is 18.6 Å². The Labute approximate surface area is 107 Å². The van der Waals surface area contributed by atoms with Crippen LogP contribution in [0.2, 0.25) is 5.02 Å². The zero-order valence-corrected chi connectivity index (χ0v) is 11.0. The van der Waals surface area contributed by atoms with Crippen LogP contribution in [0.1, 0.15) is 17.3 Å². The van der Waals surface area contributed by atoms with E-state index < -0.39 is 0 Å². The number of carbonyl (C=O) groups is 1. The maximum atomic E-state index is 11.6. The Morgan fingerprint density at radius 3 is 2.87 bits per heavy atom. The molecule has 3 nitrogen and oxygen atoms in total. The number of aliphatic hydroxyl groups is 1. The lowest BCUT2D eigenvalue weighted by Gasteiger charge is -2.10. The highest BCUT2D eigenvalue weighted by Gasteiger charge is 2.10. The van der Waals surface area contributed by atoms with Crippen LogP contribution in [0, 0.1) is 3.57 Å². The molecule has 0 bridgehead atoms. The second-order valence-corrected chi connectivity index (χ2v) is 4.76. The molecule has 0 fully saturated rings. The van der Waals surface area contributed by atoms with E-state index in [0.717, 1.165) is 3.57 Å². The van der Waals surface area contributed by atoms with Crippen molar-refractivity contribution in [1.29, 1.82) is 0 Å². The van der Waals surface area contributed by atoms with Crippen LogP contribution in [0.4, 0.5) is 0 Å². The van der Waals surface area contributed by atoms with Crippen molar-refractivity contribution < 1.29 is 9.90 Å². The van der Waals surface area contributed by atoms with Crippen molar-refractivity contribution in [1.82, 2.24) is 5.32 Å². The number of nitrogens with one attached hydrogen (secondary N) is 1. The average molecular weight is 340 g/mol. The minimum atomic E-state index is -0.254. The Bertz CT molecular complexity index is 370. The number of carbonyl (C=O) groups excluding carboxylic acids is 1. The minimum Gasteiger partial charge on any atom is -0.394 e. The smallest absolute Gasteiger partial charge is 0.251 e. The molecule has 0 saturated heterocycles. The Balaban J connectivity index is 2.78. The van der Waals surface area contributed by atoms with Gasteiger partial charge in [-0.2, -0.15) is 0 Å². The molecule has 0 aromatic heterocycles. The van der Waals surface area contributed by atoms with Crippen LogP contribution >= 0.6 is 34.2 Å². The van der Waals surface area contributed by atoms with Crippen molar-refractivity contribution >= 4 is 40.1 Å². The molecule has 0 spiro atoms. The summed E-state index contributed by atoms with van der Waals surface area (Å²) in [6.45, 7) is 1.65. The zero-order valence-electron chi connectivity index (χ0n) is 8.13. The van der Waals surface area contributed by atoms with Gasteiger partial charge >= 0.3 is 0 Å². The van der Waals surface area contributed by atoms with Crippen molar-refractivity contribution in [3.05, 3.63) is 32.4 Å². The summed E-state index contributed by atoms with van der Waals surface area (Å²) in [7, 11) is 0. The van der Waals surface area contributed by atoms with Crippen LogP contribution in [0.5, 0.6) is 0 Å². The molecule has 0 heterocycles. The molecule has 1 rings (SSSR count). The average Bonchev–Trinajstić information content (AvgIpc) is 2.21. The molecule has 0 radical (unpaired) electrons. The van der Waals surface area contributed by atoms with Gasteiger partial charge in [0.25, 0.3) is 5.91 Å². The van der Waals surface area contributed by atoms with Crippen LogP contribution < -0.4 is 5.32 Å². The summed E-state index contributed by atoms with van der Waals surface area (Å²) in [4.78, 5) is 11.6. The summed E-state index contributed by atoms with van der Waals surface area (Å²) < 4.78 is 0.904. The summed E-state index contributed by atoms with van der Waals surface area (Å²) in [6.07, 6.45) is 0. The molecule has 0 saturated carbocycles. The van der Waals surface area contributed by atoms with Gasteiger partial charge in [-0.1, -0.05) is 11.6 Å². The lowest BCUT2D eigenvalue weighted by molar-refractivity contribution is 0.0922. The fourth-order valence-corrected chi connectivity index (χ4v) is 1.51. The van der Waals surface area contributed by atoms with Gasteiger partial charge in [0.15, 0.2) is 0 Å². The molecule has 0 aliphatic rings. The third-order valence-corrected chi connectivity index (χ3v) is 3.41. The molecule has 1 aromatic carbocycles. The summed E-state index contributed by atoms with van der Waals surface area (Å²) in [5.74, 6) is -0.227. The molecule has 0 aliphatic heterocycles. The standard InChI is InChI=1S/C10H11ClINO2/c1-6(5-14)13-10(15)7-2-3-9(12)8(11)4-7/h2-4,6,14H,5H2,1H3,(H,13,15)/t6-/m1/s1. The first-order valence-electron chi connectivity index (χ1n) is 4.41. The van der Waals surface area contributed by atoms with Crippen LogP contribution in [-0.4, -0.2) is 23.7 Å². The monoisotopic (exact) mass is 339 g/mol. The highest BCUT2D eigenvalue weighted by atomic mass is 127. The van der Waals surface area contributed by atoms with Crippen LogP contribution in [0.25, 0.3) is 0 Å². The summed E-state index contributed by atoms with van der Waals surface area (Å²) >= 11 is 7.99. The Morgan fingerprint density at radius 1 is 1.67 bits per heavy atom. The Morgan fingerprint density at radius 2 is 2.33 bits per heavy atom. The number of rotatable bonds is 3. The molecule has 2 N–H and O–H groups in total. The van der Waals surface area contributed by atoms with E-state index >= 15 is 0 Å². The van der Waals surface area contributed by atoms with E-state index in [9.17, 15) is 4.79 Å². The number of halogens is 2. The first-order valence-corrected chi connectivity index (χ1v) is 5.87. The topological polar surface area (TPSA) is 49.3 Å². The predicted octanol–water partition coefficient (Wildman–Crippen LogP) is 2.06. The fraction of sp³-hybridized carbons (Fsp3) is 0.300. The van der Waals surface area contributed by atoms with Gasteiger partial charge in [0, 0.05) is 15.2 Å². The van der Waals surface area contributed by atoms with Gasteiger partial charge in [0.2, 0.25) is 0 Å². The molecule has 0 aliphatic carbocycles. The van der Waals surface area contributed by atoms with E-state index in [4.69, 9.17) is 16.7 Å². The lowest BCUT2D eigenvalue weighted by atomic mass is 10.2. The van der Waals surface area contributed by atoms with Crippen LogP contribution in [0.3, 0.4) is 0 Å². The zero-order chi connectivity index (χ0) is 11.4. The van der Waals surface area contributed by atoms with Gasteiger partial charge in [-0.3, -0.25) is 4.79 Å². The molecule has 82 valence electrons. The van der Waals surface area contributed by atoms with Gasteiger partial charge in [-0.05, 0) is 47.7 Å². The molecule has 1 aromatic rings. The van der Waals surface area contributed by atoms with E-state index in [1.807, 2.05) is 0 Å². The van der Waals surface area contributed by atoms with Crippen LogP contribution in [-0.2, 0) is 0 Å². The Hall–Kier alpha value is -0.330. The minimum absolute atomic E-state index is 0.0795. The lowest BCUT2D eigenvalue weighted by Crippen LogP contribution is -2.34. The highest BCUT2D eigenvalue weighted by molar-refractivity contribution is 14.1. The number of aliphatic hydroxyl groups excluding tert-OH is 1. The number of hydrogen-bond acceptors (Lipinski definition) is 2. The highest BCUT2D eigenvalue weighted by Crippen LogP contribution is 2.19. The number of benzene rings is 1. The van der Waals surface area contributed by atoms with Crippen molar-refractivity contribution in [3.8, 4) is 0 Å². The van der Waals surface area contributed by atoms with Gasteiger partial charge in [0.05, 0.1) is 11.6 Å². The van der Waals surface area contributed by atoms with Gasteiger partial charge in [-0.15, -0.1) is 0 Å². The van der Waals surface area contributed by atoms with E-state index in [1.165, 1.54) is 0 Å². The number of hydrogen-bond donors (Lipinski definition) is 2. The molecular weight excluding hydrogens is 328 g/mol. The molecule has 1 amide bonds. The summed E-state index contributed by atoms with van der Waals surface area (Å²) in [6, 6.07) is 4.84. The second-order valence-electron chi connectivity index (χ2n) is 3.19. The SMILES string of the molecule is C[C@H](CO)NC(=O)c1ccc(I)c(Cl)c1. The maximum Gasteiger partial charge on any atom is 0.251 e. The van der Waals surface area contributed by atoms with E-state index in [0.29, 0.717) is 10.6 Å². The van der Waals surface area contributed by atoms with Gasteiger partial charge in [-0.25, -0.2) is 0 Å². The van der Waals surface area contributed by atoms with Crippen molar-refractivity contribution in [2.24, 2.45) is 0 Å². The third kappa shape index (κ3) is 3.62. The fourth-order valence-electron chi connectivity index (χ4n) is 0.990. The van der Waals surface area contributed by atoms with Crippen molar-refractivity contribution in [3.63, 3.8) is 0 Å². The molecule has 15 heavy (non-hydrogen) atoms. The molecule has 0 unspecified atom stereocenters. The van der Waals surface area contributed by atoms with Gasteiger partial charge in [0.1, 0.15) is 0 Å². The summed E-state index contributed by atoms with van der Waals surface area (Å²) in [5.41, 5.74) is 0.501. The second kappa shape index (κ2) is 5.67. The van der Waals surface area contributed by atoms with E-state index in [1.54, 1.807) is 25.1 Å². The van der Waals surface area contributed by atoms with Crippen molar-refractivity contribution in [2.75, 3.05) is 6.61 Å². The van der Waals surface area contributed by atoms with Gasteiger partial charge < -0.3 is 10.4 Å². The normalized spacial score (nSPS) is 12.3. The summed E-state index contributed by atoms with van der Waals surface area (Å²) in [5, 5.41) is 12.0. The Kier molecular flexibility index (Phi) is 4.82. The molecule has 1 atom stereocenters. The first kappa shape index (κ1) is 12.7. The maximum absolute atomic E-state index is 11.6. The van der Waals surface area contributed by atoms with Crippen molar-refractivity contribution in [2.45, 2.75) is 13.0 Å². The molecular formula is C10H11ClINO2. The van der Waals surface area contributed by atoms with E-state index in [2.05, 4.69) is 27.9 Å². The predicted molar refractivity (Wildman–Crippen MR) is 68.2 cm³/mol. The number of amides is 1.